The second kappa shape index (κ2) is 19.5. The molecule has 0 aliphatic heterocycles. The van der Waals surface area contributed by atoms with Crippen LogP contribution in [-0.4, -0.2) is 6.15 Å². The molecule has 0 unspecified atom stereocenters. The van der Waals surface area contributed by atoms with E-state index in [1.54, 1.807) is 0 Å². The van der Waals surface area contributed by atoms with Crippen molar-refractivity contribution in [3.8, 4) is 11.6 Å². The fraction of sp³-hybridized carbons (Fsp3) is 0.0200. The Bertz CT molecular complexity index is 3320. The van der Waals surface area contributed by atoms with Gasteiger partial charge in [-0.1, -0.05) is 72.8 Å². The van der Waals surface area contributed by atoms with E-state index in [0.717, 1.165) is 23.7 Å². The lowest BCUT2D eigenvalue weighted by molar-refractivity contribution is -0.666. The molecule has 1 aromatic heterocycles. The smallest absolute Gasteiger partial charge is 0.374 e. The number of hydrogen-bond acceptors (Lipinski definition) is 1. The van der Waals surface area contributed by atoms with Crippen molar-refractivity contribution >= 4 is 49.7 Å². The summed E-state index contributed by atoms with van der Waals surface area (Å²) in [5.41, 5.74) is -11.9. The number of hydrogen-bond donors (Lipinski definition) is 0. The molecule has 0 saturated carbocycles. The number of para-hydroxylation sites is 1. The molecule has 23 heteroatoms. The number of aromatic nitrogens is 1. The molecule has 0 radical (unpaired) electrons. The van der Waals surface area contributed by atoms with Gasteiger partial charge in [0, 0.05) is 17.0 Å². The SMILES string of the molecule is Fc1c(F)c(F)c([B-](c2c(F)c(F)c(F)c(F)c2F)(c2c(F)c(F)c(F)c(F)c2F)c2c(F)c(F)c(F)c(F)c2F)c(F)c1F.c1ccc(C[n+]2c(Oc3ccc4ccccc4c3)ccc3ccccc32)cc1. The van der Waals surface area contributed by atoms with E-state index in [1.165, 1.54) is 21.7 Å². The maximum absolute atomic E-state index is 15.4. The van der Waals surface area contributed by atoms with Crippen LogP contribution in [0.1, 0.15) is 5.56 Å². The first-order valence-corrected chi connectivity index (χ1v) is 20.4. The fourth-order valence-corrected chi connectivity index (χ4v) is 8.49. The highest BCUT2D eigenvalue weighted by Crippen LogP contribution is 2.32. The molecule has 0 spiro atoms. The third kappa shape index (κ3) is 8.28. The first kappa shape index (κ1) is 51.3. The lowest BCUT2D eigenvalue weighted by atomic mass is 9.12. The number of nitrogens with zero attached hydrogens (tertiary/aromatic N) is 1. The van der Waals surface area contributed by atoms with E-state index in [4.69, 9.17) is 4.74 Å². The summed E-state index contributed by atoms with van der Waals surface area (Å²) in [7, 11) is 0. The van der Waals surface area contributed by atoms with Crippen LogP contribution in [0.25, 0.3) is 21.7 Å². The summed E-state index contributed by atoms with van der Waals surface area (Å²) in [4.78, 5) is 0. The van der Waals surface area contributed by atoms with E-state index >= 15 is 35.1 Å². The topological polar surface area (TPSA) is 13.1 Å². The van der Waals surface area contributed by atoms with E-state index in [9.17, 15) is 52.7 Å². The Hall–Kier alpha value is -8.11. The molecule has 9 rings (SSSR count). The van der Waals surface area contributed by atoms with Gasteiger partial charge in [-0.3, -0.25) is 0 Å². The van der Waals surface area contributed by atoms with E-state index < -0.39 is 144 Å². The first-order valence-electron chi connectivity index (χ1n) is 20.4. The molecule has 1 heterocycles. The largest absolute Gasteiger partial charge is 0.405 e. The molecular formula is C50H20BF20NO. The molecule has 73 heavy (non-hydrogen) atoms. The lowest BCUT2D eigenvalue weighted by Crippen LogP contribution is -2.81. The molecule has 0 atom stereocenters. The zero-order valence-corrected chi connectivity index (χ0v) is 35.6. The van der Waals surface area contributed by atoms with Crippen LogP contribution in [0.5, 0.6) is 11.6 Å². The van der Waals surface area contributed by atoms with Gasteiger partial charge in [-0.25, -0.2) is 87.8 Å². The number of fused-ring (bicyclic) bond motifs is 2. The molecule has 0 saturated heterocycles. The van der Waals surface area contributed by atoms with Gasteiger partial charge < -0.3 is 4.74 Å². The number of rotatable bonds is 8. The number of pyridine rings is 1. The Kier molecular flexibility index (Phi) is 13.7. The summed E-state index contributed by atoms with van der Waals surface area (Å²) in [5.74, 6) is -69.7. The second-order valence-corrected chi connectivity index (χ2v) is 15.7. The summed E-state index contributed by atoms with van der Waals surface area (Å²) in [6.07, 6.45) is -7.22. The molecule has 0 N–H and O–H groups in total. The minimum absolute atomic E-state index is 0.755. The van der Waals surface area contributed by atoms with E-state index in [-0.39, 0.29) is 0 Å². The molecule has 8 aromatic carbocycles. The zero-order chi connectivity index (χ0) is 53.1. The van der Waals surface area contributed by atoms with E-state index in [0.29, 0.717) is 0 Å². The van der Waals surface area contributed by atoms with Gasteiger partial charge in [0.15, 0.2) is 76.4 Å². The zero-order valence-electron chi connectivity index (χ0n) is 35.6. The van der Waals surface area contributed by atoms with Gasteiger partial charge >= 0.3 is 5.88 Å². The third-order valence-electron chi connectivity index (χ3n) is 11.7. The van der Waals surface area contributed by atoms with Crippen LogP contribution >= 0.6 is 0 Å². The molecular weight excluding hydrogens is 1020 g/mol. The van der Waals surface area contributed by atoms with Crippen molar-refractivity contribution in [3.05, 3.63) is 231 Å². The molecule has 374 valence electrons. The Balaban J connectivity index is 0.000000216. The van der Waals surface area contributed by atoms with Crippen molar-refractivity contribution in [2.75, 3.05) is 0 Å². The van der Waals surface area contributed by atoms with Crippen LogP contribution < -0.4 is 31.2 Å². The molecule has 0 aliphatic rings. The summed E-state index contributed by atoms with van der Waals surface area (Å²) in [6, 6.07) is 37.7. The quantitative estimate of drug-likeness (QED) is 0.0486. The first-order chi connectivity index (χ1) is 34.6. The predicted octanol–water partition coefficient (Wildman–Crippen LogP) is 12.0. The maximum atomic E-state index is 15.4. The molecule has 0 amide bonds. The summed E-state index contributed by atoms with van der Waals surface area (Å²) >= 11 is 0. The number of ether oxygens (including phenoxy) is 1. The van der Waals surface area contributed by atoms with Gasteiger partial charge in [0.25, 0.3) is 0 Å². The molecule has 2 nitrogen and oxygen atoms in total. The van der Waals surface area contributed by atoms with Crippen LogP contribution in [0.15, 0.2) is 109 Å². The van der Waals surface area contributed by atoms with E-state index in [2.05, 4.69) is 102 Å². The van der Waals surface area contributed by atoms with Crippen molar-refractivity contribution < 1.29 is 97.1 Å². The Morgan fingerprint density at radius 2 is 0.616 bits per heavy atom. The molecule has 9 aromatic rings. The van der Waals surface area contributed by atoms with Crippen LogP contribution in [0.2, 0.25) is 0 Å². The van der Waals surface area contributed by atoms with Crippen LogP contribution in [-0.2, 0) is 6.54 Å². The van der Waals surface area contributed by atoms with Crippen molar-refractivity contribution in [3.63, 3.8) is 0 Å². The fourth-order valence-electron chi connectivity index (χ4n) is 8.49. The Labute approximate surface area is 395 Å². The summed E-state index contributed by atoms with van der Waals surface area (Å²) in [5, 5.41) is 3.59. The van der Waals surface area contributed by atoms with Crippen molar-refractivity contribution in [2.45, 2.75) is 6.54 Å². The molecule has 0 bridgehead atoms. The van der Waals surface area contributed by atoms with Gasteiger partial charge in [0.05, 0.1) is 6.07 Å². The lowest BCUT2D eigenvalue weighted by Gasteiger charge is -2.44. The van der Waals surface area contributed by atoms with Crippen molar-refractivity contribution in [1.29, 1.82) is 0 Å². The van der Waals surface area contributed by atoms with Crippen LogP contribution in [0, 0.1) is 116 Å². The van der Waals surface area contributed by atoms with E-state index in [1.807, 2.05) is 12.1 Å². The van der Waals surface area contributed by atoms with Gasteiger partial charge in [0.1, 0.15) is 58.4 Å². The number of halogens is 20. The monoisotopic (exact) mass is 1040 g/mol. The average molecular weight is 1040 g/mol. The normalized spacial score (nSPS) is 11.6. The predicted molar refractivity (Wildman–Crippen MR) is 223 cm³/mol. The van der Waals surface area contributed by atoms with Crippen LogP contribution in [0.3, 0.4) is 0 Å². The maximum Gasteiger partial charge on any atom is 0.374 e. The second-order valence-electron chi connectivity index (χ2n) is 15.7. The van der Waals surface area contributed by atoms with Gasteiger partial charge in [-0.15, -0.1) is 21.9 Å². The van der Waals surface area contributed by atoms with Gasteiger partial charge in [-0.2, -0.15) is 4.57 Å². The number of benzene rings is 8. The van der Waals surface area contributed by atoms with Crippen molar-refractivity contribution in [2.24, 2.45) is 0 Å². The van der Waals surface area contributed by atoms with Gasteiger partial charge in [0.2, 0.25) is 5.52 Å². The minimum Gasteiger partial charge on any atom is -0.405 e. The molecule has 0 aliphatic carbocycles. The van der Waals surface area contributed by atoms with Crippen LogP contribution in [0.4, 0.5) is 87.8 Å². The highest BCUT2D eigenvalue weighted by Gasteiger charge is 2.52. The van der Waals surface area contributed by atoms with Crippen molar-refractivity contribution in [1.82, 2.24) is 0 Å². The molecule has 0 fully saturated rings. The third-order valence-corrected chi connectivity index (χ3v) is 11.7. The minimum atomic E-state index is -7.22. The highest BCUT2D eigenvalue weighted by molar-refractivity contribution is 7.20. The Morgan fingerprint density at radius 3 is 1.01 bits per heavy atom. The summed E-state index contributed by atoms with van der Waals surface area (Å²) in [6.45, 7) is 0.755. The highest BCUT2D eigenvalue weighted by atomic mass is 19.2. The average Bonchev–Trinajstić information content (AvgIpc) is 3.39. The summed E-state index contributed by atoms with van der Waals surface area (Å²) < 4.78 is 303. The standard InChI is InChI=1S/C26H20NO.C24BF20/c1-2-8-20(9-3-1)19-27-25-13-7-6-11-22(25)15-17-26(27)28-24-16-14-21-10-4-5-12-23(21)18-24;26-5-1(6(27)14(35)21(42)13(5)34)25(2-7(28)15(36)22(43)16(37)8(2)29,3-9(30)17(38)23(44)18(39)10(3)31)4-11(32)19(40)24(45)20(41)12(4)33/h1-18H,19H2;/q+1;-1. The Morgan fingerprint density at radius 1 is 0.301 bits per heavy atom. The van der Waals surface area contributed by atoms with Gasteiger partial charge in [-0.05, 0) is 35.0 Å².